The van der Waals surface area contributed by atoms with Gasteiger partial charge in [0.15, 0.2) is 6.61 Å². The maximum atomic E-state index is 12.4. The van der Waals surface area contributed by atoms with E-state index in [-0.39, 0.29) is 5.78 Å². The van der Waals surface area contributed by atoms with Crippen LogP contribution in [0.1, 0.15) is 60.9 Å². The summed E-state index contributed by atoms with van der Waals surface area (Å²) in [6.45, 7) is 6.31. The smallest absolute Gasteiger partial charge is 0.326 e. The number of esters is 1. The molecule has 2 aliphatic rings. The van der Waals surface area contributed by atoms with Crippen molar-refractivity contribution in [2.75, 3.05) is 13.2 Å². The molecule has 1 aliphatic heterocycles. The van der Waals surface area contributed by atoms with Gasteiger partial charge in [-0.25, -0.2) is 4.79 Å². The maximum Gasteiger partial charge on any atom is 0.326 e. The summed E-state index contributed by atoms with van der Waals surface area (Å²) < 4.78 is 7.17. The molecule has 0 spiro atoms. The third-order valence-electron chi connectivity index (χ3n) is 5.40. The number of imide groups is 1. The maximum absolute atomic E-state index is 12.4. The Morgan fingerprint density at radius 3 is 2.52 bits per heavy atom. The van der Waals surface area contributed by atoms with Gasteiger partial charge < -0.3 is 14.6 Å². The second kappa shape index (κ2) is 6.83. The van der Waals surface area contributed by atoms with E-state index in [2.05, 4.69) is 9.88 Å². The fourth-order valence-electron chi connectivity index (χ4n) is 3.48. The summed E-state index contributed by atoms with van der Waals surface area (Å²) in [5.41, 5.74) is 1.43. The second-order valence-electron chi connectivity index (χ2n) is 7.48. The number of nitrogens with zero attached hydrogens (tertiary/aromatic N) is 2. The van der Waals surface area contributed by atoms with E-state index in [1.165, 1.54) is 0 Å². The number of carbonyl (C=O) groups excluding carboxylic acids is 4. The van der Waals surface area contributed by atoms with E-state index >= 15 is 0 Å². The Morgan fingerprint density at radius 2 is 1.96 bits per heavy atom. The zero-order valence-corrected chi connectivity index (χ0v) is 16.1. The highest BCUT2D eigenvalue weighted by Crippen LogP contribution is 2.38. The third kappa shape index (κ3) is 3.48. The number of carbonyl (C=O) groups is 4. The normalized spacial score (nSPS) is 22.1. The lowest BCUT2D eigenvalue weighted by atomic mass is 9.99. The van der Waals surface area contributed by atoms with Gasteiger partial charge in [0.05, 0.1) is 0 Å². The fraction of sp³-hybridized carbons (Fsp3) is 0.579. The molecule has 1 aromatic rings. The number of ketones is 1. The molecule has 1 N–H and O–H groups in total. The number of aryl methyl sites for hydroxylation is 1. The van der Waals surface area contributed by atoms with E-state index in [0.717, 1.165) is 29.1 Å². The molecule has 27 heavy (non-hydrogen) atoms. The minimum Gasteiger partial charge on any atom is -0.456 e. The van der Waals surface area contributed by atoms with Gasteiger partial charge in [-0.3, -0.25) is 19.3 Å². The second-order valence-corrected chi connectivity index (χ2v) is 7.48. The van der Waals surface area contributed by atoms with Crippen molar-refractivity contribution in [2.45, 2.75) is 58.5 Å². The summed E-state index contributed by atoms with van der Waals surface area (Å²) >= 11 is 0. The monoisotopic (exact) mass is 375 g/mol. The first kappa shape index (κ1) is 19.1. The van der Waals surface area contributed by atoms with Gasteiger partial charge in [0.1, 0.15) is 12.1 Å². The van der Waals surface area contributed by atoms with Crippen molar-refractivity contribution in [2.24, 2.45) is 0 Å². The summed E-state index contributed by atoms with van der Waals surface area (Å²) in [4.78, 5) is 49.5. The van der Waals surface area contributed by atoms with Gasteiger partial charge in [0.25, 0.3) is 5.91 Å². The van der Waals surface area contributed by atoms with Crippen LogP contribution in [0, 0.1) is 13.8 Å². The Labute approximate surface area is 157 Å². The predicted octanol–water partition coefficient (Wildman–Crippen LogP) is 1.89. The standard InChI is InChI=1S/C19H25N3O5/c1-5-19(4)17(25)21(18(26)20-19)9-16(24)27-10-15(23)14-8-11(2)22(12(14)3)13-6-7-13/h8,13H,5-7,9-10H2,1-4H3,(H,20,26)/t19-/m0/s1. The van der Waals surface area contributed by atoms with Crippen molar-refractivity contribution in [1.29, 1.82) is 0 Å². The summed E-state index contributed by atoms with van der Waals surface area (Å²) in [7, 11) is 0. The number of rotatable bonds is 7. The van der Waals surface area contributed by atoms with Gasteiger partial charge in [-0.2, -0.15) is 0 Å². The molecule has 8 nitrogen and oxygen atoms in total. The summed E-state index contributed by atoms with van der Waals surface area (Å²) in [6, 6.07) is 1.65. The number of aromatic nitrogens is 1. The highest BCUT2D eigenvalue weighted by molar-refractivity contribution is 6.08. The van der Waals surface area contributed by atoms with Crippen LogP contribution in [0.2, 0.25) is 0 Å². The zero-order chi connectivity index (χ0) is 19.9. The van der Waals surface area contributed by atoms with Crippen molar-refractivity contribution in [1.82, 2.24) is 14.8 Å². The lowest BCUT2D eigenvalue weighted by Gasteiger charge is -2.18. The molecule has 1 saturated heterocycles. The first-order valence-corrected chi connectivity index (χ1v) is 9.19. The average Bonchev–Trinajstić information content (AvgIpc) is 3.37. The number of hydrogen-bond acceptors (Lipinski definition) is 5. The van der Waals surface area contributed by atoms with Gasteiger partial charge in [0, 0.05) is 23.0 Å². The lowest BCUT2D eigenvalue weighted by molar-refractivity contribution is -0.146. The van der Waals surface area contributed by atoms with Crippen LogP contribution in [-0.4, -0.2) is 51.8 Å². The Balaban J connectivity index is 1.58. The summed E-state index contributed by atoms with van der Waals surface area (Å²) in [5, 5.41) is 2.57. The Bertz CT molecular complexity index is 824. The Morgan fingerprint density at radius 1 is 1.30 bits per heavy atom. The molecule has 3 amide bonds. The zero-order valence-electron chi connectivity index (χ0n) is 16.1. The summed E-state index contributed by atoms with van der Waals surface area (Å²) in [6.07, 6.45) is 2.64. The van der Waals surface area contributed by atoms with E-state index in [4.69, 9.17) is 4.74 Å². The molecule has 146 valence electrons. The molecule has 0 radical (unpaired) electrons. The van der Waals surface area contributed by atoms with Crippen molar-refractivity contribution in [3.8, 4) is 0 Å². The minimum atomic E-state index is -1.01. The molecule has 1 saturated carbocycles. The lowest BCUT2D eigenvalue weighted by Crippen LogP contribution is -2.43. The van der Waals surface area contributed by atoms with E-state index in [1.807, 2.05) is 19.9 Å². The first-order valence-electron chi connectivity index (χ1n) is 9.19. The molecular formula is C19H25N3O5. The van der Waals surface area contributed by atoms with Crippen LogP contribution in [0.4, 0.5) is 4.79 Å². The van der Waals surface area contributed by atoms with Crippen molar-refractivity contribution >= 4 is 23.7 Å². The molecule has 8 heteroatoms. The molecule has 1 atom stereocenters. The van der Waals surface area contributed by atoms with E-state index in [1.54, 1.807) is 13.8 Å². The number of ether oxygens (including phenoxy) is 1. The molecule has 0 aromatic carbocycles. The predicted molar refractivity (Wildman–Crippen MR) is 96.4 cm³/mol. The van der Waals surface area contributed by atoms with E-state index < -0.39 is 36.6 Å². The van der Waals surface area contributed by atoms with Gasteiger partial charge in [0.2, 0.25) is 5.78 Å². The average molecular weight is 375 g/mol. The van der Waals surface area contributed by atoms with Crippen LogP contribution in [0.15, 0.2) is 6.07 Å². The van der Waals surface area contributed by atoms with E-state index in [9.17, 15) is 19.2 Å². The van der Waals surface area contributed by atoms with Crippen LogP contribution in [0.25, 0.3) is 0 Å². The van der Waals surface area contributed by atoms with Crippen LogP contribution in [0.5, 0.6) is 0 Å². The number of amides is 3. The number of hydrogen-bond donors (Lipinski definition) is 1. The van der Waals surface area contributed by atoms with Gasteiger partial charge in [-0.15, -0.1) is 0 Å². The molecule has 2 heterocycles. The molecule has 1 aliphatic carbocycles. The quantitative estimate of drug-likeness (QED) is 0.446. The van der Waals surface area contributed by atoms with Crippen LogP contribution in [-0.2, 0) is 14.3 Å². The molecule has 0 bridgehead atoms. The van der Waals surface area contributed by atoms with Crippen molar-refractivity contribution in [3.05, 3.63) is 23.0 Å². The van der Waals surface area contributed by atoms with Crippen molar-refractivity contribution < 1.29 is 23.9 Å². The number of nitrogens with one attached hydrogen (secondary N) is 1. The van der Waals surface area contributed by atoms with E-state index in [0.29, 0.717) is 18.0 Å². The molecule has 0 unspecified atom stereocenters. The molecule has 2 fully saturated rings. The highest BCUT2D eigenvalue weighted by atomic mass is 16.5. The van der Waals surface area contributed by atoms with Gasteiger partial charge in [-0.05, 0) is 46.1 Å². The molecule has 3 rings (SSSR count). The third-order valence-corrected chi connectivity index (χ3v) is 5.40. The van der Waals surface area contributed by atoms with Crippen LogP contribution in [0.3, 0.4) is 0 Å². The topological polar surface area (TPSA) is 97.7 Å². The molecular weight excluding hydrogens is 350 g/mol. The van der Waals surface area contributed by atoms with Gasteiger partial charge >= 0.3 is 12.0 Å². The Hall–Kier alpha value is -2.64. The fourth-order valence-corrected chi connectivity index (χ4v) is 3.48. The largest absolute Gasteiger partial charge is 0.456 e. The molecule has 1 aromatic heterocycles. The first-order chi connectivity index (χ1) is 12.7. The van der Waals surface area contributed by atoms with Crippen LogP contribution < -0.4 is 5.32 Å². The SMILES string of the molecule is CC[C@]1(C)NC(=O)N(CC(=O)OCC(=O)c2cc(C)n(C3CC3)c2C)C1=O. The highest BCUT2D eigenvalue weighted by Gasteiger charge is 2.47. The summed E-state index contributed by atoms with van der Waals surface area (Å²) in [5.74, 6) is -1.55. The van der Waals surface area contributed by atoms with Crippen LogP contribution >= 0.6 is 0 Å². The number of Topliss-reactive ketones (excluding diaryl/α,β-unsaturated/α-hetero) is 1. The minimum absolute atomic E-state index is 0.293. The number of urea groups is 1. The van der Waals surface area contributed by atoms with Gasteiger partial charge in [-0.1, -0.05) is 6.92 Å². The van der Waals surface area contributed by atoms with Crippen molar-refractivity contribution in [3.63, 3.8) is 0 Å². The Kier molecular flexibility index (Phi) is 4.84.